The van der Waals surface area contributed by atoms with Gasteiger partial charge in [0.05, 0.1) is 0 Å². The van der Waals surface area contributed by atoms with E-state index in [4.69, 9.17) is 0 Å². The van der Waals surface area contributed by atoms with Crippen LogP contribution in [0, 0.1) is 0 Å². The van der Waals surface area contributed by atoms with E-state index in [-0.39, 0.29) is 0 Å². The Balaban J connectivity index is 1.97. The maximum absolute atomic E-state index is 2.21. The lowest BCUT2D eigenvalue weighted by atomic mass is 11.0. The largest absolute Gasteiger partial charge is 0.126 e. The monoisotopic (exact) mass is 76.0 g/mol. The van der Waals surface area contributed by atoms with Gasteiger partial charge in [0.2, 0.25) is 0 Å². The third-order valence-corrected chi connectivity index (χ3v) is 1.06. The molecule has 0 nitrogen and oxygen atoms in total. The average Bonchev–Trinajstić information content (AvgIpc) is 1.37. The van der Waals surface area contributed by atoms with Crippen molar-refractivity contribution in [2.24, 2.45) is 0 Å². The Labute approximate surface area is 29.4 Å². The SMILES string of the molecule is CCPC. The van der Waals surface area contributed by atoms with Crippen molar-refractivity contribution in [2.75, 3.05) is 12.8 Å². The van der Waals surface area contributed by atoms with Crippen molar-refractivity contribution in [2.45, 2.75) is 6.92 Å². The van der Waals surface area contributed by atoms with Crippen LogP contribution in [-0.4, -0.2) is 12.8 Å². The molecule has 0 bridgehead atoms. The van der Waals surface area contributed by atoms with Crippen molar-refractivity contribution in [3.05, 3.63) is 0 Å². The minimum absolute atomic E-state index is 1.14. The number of hydrogen-bond acceptors (Lipinski definition) is 0. The van der Waals surface area contributed by atoms with Gasteiger partial charge in [0.1, 0.15) is 0 Å². The Morgan fingerprint density at radius 3 is 2.00 bits per heavy atom. The summed E-state index contributed by atoms with van der Waals surface area (Å²) in [5.41, 5.74) is 0. The van der Waals surface area contributed by atoms with E-state index in [1.165, 1.54) is 6.16 Å². The summed E-state index contributed by atoms with van der Waals surface area (Å²) < 4.78 is 0. The molecule has 0 saturated carbocycles. The Bertz CT molecular complexity index is 5.25. The number of hydrogen-bond donors (Lipinski definition) is 0. The summed E-state index contributed by atoms with van der Waals surface area (Å²) in [4.78, 5) is 0. The first-order valence-electron chi connectivity index (χ1n) is 1.56. The van der Waals surface area contributed by atoms with Crippen LogP contribution < -0.4 is 0 Å². The summed E-state index contributed by atoms with van der Waals surface area (Å²) in [6.07, 6.45) is 1.35. The van der Waals surface area contributed by atoms with Gasteiger partial charge in [-0.05, 0) is 12.8 Å². The fourth-order valence-corrected chi connectivity index (χ4v) is 0. The van der Waals surface area contributed by atoms with Crippen molar-refractivity contribution < 1.29 is 0 Å². The van der Waals surface area contributed by atoms with Gasteiger partial charge in [0, 0.05) is 0 Å². The van der Waals surface area contributed by atoms with E-state index in [1.807, 2.05) is 0 Å². The van der Waals surface area contributed by atoms with E-state index in [2.05, 4.69) is 13.6 Å². The highest BCUT2D eigenvalue weighted by Gasteiger charge is 1.55. The van der Waals surface area contributed by atoms with Crippen molar-refractivity contribution in [1.29, 1.82) is 0 Å². The van der Waals surface area contributed by atoms with Gasteiger partial charge in [0.25, 0.3) is 0 Å². The summed E-state index contributed by atoms with van der Waals surface area (Å²) in [6.45, 7) is 4.40. The van der Waals surface area contributed by atoms with Crippen LogP contribution in [0.15, 0.2) is 0 Å². The van der Waals surface area contributed by atoms with Crippen LogP contribution in [0.5, 0.6) is 0 Å². The molecule has 0 radical (unpaired) electrons. The Kier molecular flexibility index (Phi) is 3.80. The quantitative estimate of drug-likeness (QED) is 0.413. The van der Waals surface area contributed by atoms with Crippen molar-refractivity contribution >= 4 is 8.58 Å². The standard InChI is InChI=1S/C3H9P/c1-3-4-2/h4H,3H2,1-2H3. The summed E-state index contributed by atoms with van der Waals surface area (Å²) in [6, 6.07) is 0. The van der Waals surface area contributed by atoms with Crippen LogP contribution in [0.25, 0.3) is 0 Å². The molecule has 0 aliphatic rings. The second-order valence-corrected chi connectivity index (χ2v) is 2.12. The highest BCUT2D eigenvalue weighted by Crippen LogP contribution is 1.95. The Morgan fingerprint density at radius 1 is 1.75 bits per heavy atom. The lowest BCUT2D eigenvalue weighted by Crippen LogP contribution is -1.47. The molecule has 0 aromatic rings. The van der Waals surface area contributed by atoms with Gasteiger partial charge < -0.3 is 0 Å². The van der Waals surface area contributed by atoms with Crippen molar-refractivity contribution in [3.8, 4) is 0 Å². The molecule has 1 heteroatoms. The molecule has 0 N–H and O–H groups in total. The molecule has 1 atom stereocenters. The molecule has 0 saturated heterocycles. The van der Waals surface area contributed by atoms with Crippen LogP contribution in [-0.2, 0) is 0 Å². The fraction of sp³-hybridized carbons (Fsp3) is 1.00. The van der Waals surface area contributed by atoms with E-state index in [0.717, 1.165) is 8.58 Å². The minimum atomic E-state index is 1.14. The molecule has 0 rings (SSSR count). The molecule has 0 aliphatic heterocycles. The molecule has 4 heavy (non-hydrogen) atoms. The molecule has 26 valence electrons. The van der Waals surface area contributed by atoms with Gasteiger partial charge in [-0.2, -0.15) is 0 Å². The van der Waals surface area contributed by atoms with Crippen LogP contribution in [0.2, 0.25) is 0 Å². The van der Waals surface area contributed by atoms with E-state index in [9.17, 15) is 0 Å². The minimum Gasteiger partial charge on any atom is -0.126 e. The third kappa shape index (κ3) is 2.43. The second-order valence-electron chi connectivity index (χ2n) is 0.707. The number of rotatable bonds is 1. The Morgan fingerprint density at radius 2 is 2.00 bits per heavy atom. The third-order valence-electron chi connectivity index (χ3n) is 0.354. The van der Waals surface area contributed by atoms with Crippen molar-refractivity contribution in [1.82, 2.24) is 0 Å². The van der Waals surface area contributed by atoms with Gasteiger partial charge >= 0.3 is 0 Å². The van der Waals surface area contributed by atoms with Crippen LogP contribution in [0.4, 0.5) is 0 Å². The molecule has 0 aromatic heterocycles. The van der Waals surface area contributed by atoms with Gasteiger partial charge in [-0.25, -0.2) is 0 Å². The molecule has 1 unspecified atom stereocenters. The predicted molar refractivity (Wildman–Crippen MR) is 24.8 cm³/mol. The summed E-state index contributed by atoms with van der Waals surface area (Å²) in [5, 5.41) is 0. The van der Waals surface area contributed by atoms with E-state index in [0.29, 0.717) is 0 Å². The molecule has 0 aliphatic carbocycles. The predicted octanol–water partition coefficient (Wildman–Crippen LogP) is 1.31. The lowest BCUT2D eigenvalue weighted by molar-refractivity contribution is 1.52. The zero-order valence-corrected chi connectivity index (χ0v) is 4.21. The van der Waals surface area contributed by atoms with Gasteiger partial charge in [0.15, 0.2) is 0 Å². The highest BCUT2D eigenvalue weighted by molar-refractivity contribution is 7.36. The first kappa shape index (κ1) is 4.43. The van der Waals surface area contributed by atoms with Crippen LogP contribution in [0.1, 0.15) is 6.92 Å². The zero-order chi connectivity index (χ0) is 3.41. The van der Waals surface area contributed by atoms with E-state index < -0.39 is 0 Å². The molecular formula is C3H9P. The zero-order valence-electron chi connectivity index (χ0n) is 3.21. The van der Waals surface area contributed by atoms with Crippen LogP contribution in [0.3, 0.4) is 0 Å². The first-order valence-corrected chi connectivity index (χ1v) is 3.27. The average molecular weight is 76.1 g/mol. The highest BCUT2D eigenvalue weighted by atomic mass is 31.1. The Hall–Kier alpha value is 0.430. The first-order chi connectivity index (χ1) is 1.91. The van der Waals surface area contributed by atoms with Crippen LogP contribution >= 0.6 is 8.58 Å². The summed E-state index contributed by atoms with van der Waals surface area (Å²) >= 11 is 0. The molecule has 0 fully saturated rings. The lowest BCUT2D eigenvalue weighted by Gasteiger charge is -1.69. The van der Waals surface area contributed by atoms with Gasteiger partial charge in [-0.15, -0.1) is 8.58 Å². The second kappa shape index (κ2) is 3.43. The molecule has 0 heterocycles. The van der Waals surface area contributed by atoms with Gasteiger partial charge in [-0.1, -0.05) is 6.92 Å². The van der Waals surface area contributed by atoms with Crippen molar-refractivity contribution in [3.63, 3.8) is 0 Å². The fourth-order valence-electron chi connectivity index (χ4n) is 0. The molecule has 0 amide bonds. The summed E-state index contributed by atoms with van der Waals surface area (Å²) in [7, 11) is 1.14. The maximum atomic E-state index is 2.21. The van der Waals surface area contributed by atoms with E-state index in [1.54, 1.807) is 0 Å². The van der Waals surface area contributed by atoms with E-state index >= 15 is 0 Å². The smallest absolute Gasteiger partial charge is 0.0385 e. The molecular weight excluding hydrogens is 67.0 g/mol. The normalized spacial score (nSPS) is 10.5. The summed E-state index contributed by atoms with van der Waals surface area (Å²) in [5.74, 6) is 0. The maximum Gasteiger partial charge on any atom is -0.0385 e. The molecule has 0 spiro atoms. The molecule has 0 aromatic carbocycles. The topological polar surface area (TPSA) is 0 Å². The van der Waals surface area contributed by atoms with Gasteiger partial charge in [-0.3, -0.25) is 0 Å².